The first-order chi connectivity index (χ1) is 5.86. The van der Waals surface area contributed by atoms with Gasteiger partial charge in [-0.05, 0) is 45.2 Å². The van der Waals surface area contributed by atoms with Crippen LogP contribution in [0.5, 0.6) is 0 Å². The minimum Gasteiger partial charge on any atom is -0.378 e. The monoisotopic (exact) mass is 169 g/mol. The Morgan fingerprint density at radius 1 is 1.25 bits per heavy atom. The zero-order chi connectivity index (χ0) is 8.39. The van der Waals surface area contributed by atoms with E-state index in [0.29, 0.717) is 6.10 Å². The maximum Gasteiger partial charge on any atom is 0.0616 e. The fourth-order valence-corrected chi connectivity index (χ4v) is 2.48. The second-order valence-corrected chi connectivity index (χ2v) is 4.22. The number of nitrogens with zero attached hydrogens (tertiary/aromatic N) is 1. The Kier molecular flexibility index (Phi) is 2.66. The van der Waals surface area contributed by atoms with E-state index in [4.69, 9.17) is 4.74 Å². The third-order valence-corrected chi connectivity index (χ3v) is 3.15. The highest BCUT2D eigenvalue weighted by Gasteiger charge is 2.28. The minimum atomic E-state index is 0.587. The lowest BCUT2D eigenvalue weighted by Gasteiger charge is -2.31. The van der Waals surface area contributed by atoms with Crippen molar-refractivity contribution in [2.24, 2.45) is 5.92 Å². The van der Waals surface area contributed by atoms with Crippen LogP contribution in [0.3, 0.4) is 0 Å². The molecular formula is C10H19NO. The van der Waals surface area contributed by atoms with Gasteiger partial charge in [-0.15, -0.1) is 0 Å². The molecule has 2 saturated heterocycles. The molecule has 2 atom stereocenters. The topological polar surface area (TPSA) is 12.5 Å². The Labute approximate surface area is 74.9 Å². The number of hydrogen-bond acceptors (Lipinski definition) is 2. The first-order valence-electron chi connectivity index (χ1n) is 5.16. The first kappa shape index (κ1) is 8.52. The lowest BCUT2D eigenvalue weighted by molar-refractivity contribution is -0.0297. The van der Waals surface area contributed by atoms with Gasteiger partial charge in [0.1, 0.15) is 0 Å². The fraction of sp³-hybridized carbons (Fsp3) is 1.00. The zero-order valence-electron chi connectivity index (χ0n) is 7.96. The van der Waals surface area contributed by atoms with Gasteiger partial charge in [0, 0.05) is 13.2 Å². The van der Waals surface area contributed by atoms with Crippen molar-refractivity contribution < 1.29 is 4.74 Å². The molecule has 0 aliphatic carbocycles. The molecule has 70 valence electrons. The van der Waals surface area contributed by atoms with E-state index in [2.05, 4.69) is 11.9 Å². The molecule has 0 saturated carbocycles. The number of ether oxygens (including phenoxy) is 1. The van der Waals surface area contributed by atoms with Gasteiger partial charge in [0.15, 0.2) is 0 Å². The zero-order valence-corrected chi connectivity index (χ0v) is 7.96. The van der Waals surface area contributed by atoms with Gasteiger partial charge in [0.25, 0.3) is 0 Å². The number of likely N-dealkylation sites (tertiary alicyclic amines) is 1. The number of rotatable bonds is 0. The van der Waals surface area contributed by atoms with Crippen LogP contribution in [0.1, 0.15) is 25.7 Å². The highest BCUT2D eigenvalue weighted by Crippen LogP contribution is 2.27. The molecule has 2 nitrogen and oxygen atoms in total. The van der Waals surface area contributed by atoms with E-state index in [-0.39, 0.29) is 0 Å². The highest BCUT2D eigenvalue weighted by atomic mass is 16.5. The Bertz CT molecular complexity index is 149. The van der Waals surface area contributed by atoms with Gasteiger partial charge in [-0.1, -0.05) is 0 Å². The Hall–Kier alpha value is -0.0800. The summed E-state index contributed by atoms with van der Waals surface area (Å²) in [7, 11) is 2.23. The Morgan fingerprint density at radius 3 is 3.08 bits per heavy atom. The minimum absolute atomic E-state index is 0.587. The highest BCUT2D eigenvalue weighted by molar-refractivity contribution is 4.80. The standard InChI is InChI=1S/C10H19NO/c1-11-6-2-5-10-9(8-11)4-3-7-12-10/h9-10H,2-8H2,1H3/t9-,10-/m0/s1. The summed E-state index contributed by atoms with van der Waals surface area (Å²) in [6.07, 6.45) is 5.85. The van der Waals surface area contributed by atoms with E-state index in [1.54, 1.807) is 0 Å². The molecule has 0 bridgehead atoms. The van der Waals surface area contributed by atoms with Crippen LogP contribution in [0.2, 0.25) is 0 Å². The molecule has 0 spiro atoms. The van der Waals surface area contributed by atoms with Crippen LogP contribution in [-0.4, -0.2) is 37.7 Å². The quantitative estimate of drug-likeness (QED) is 0.545. The predicted octanol–water partition coefficient (Wildman–Crippen LogP) is 1.51. The van der Waals surface area contributed by atoms with Crippen LogP contribution in [0.4, 0.5) is 0 Å². The normalized spacial score (nSPS) is 38.8. The first-order valence-corrected chi connectivity index (χ1v) is 5.16. The molecule has 2 aliphatic rings. The molecule has 0 aromatic carbocycles. The van der Waals surface area contributed by atoms with Crippen molar-refractivity contribution in [1.29, 1.82) is 0 Å². The van der Waals surface area contributed by atoms with Crippen LogP contribution < -0.4 is 0 Å². The van der Waals surface area contributed by atoms with Gasteiger partial charge in [0.2, 0.25) is 0 Å². The van der Waals surface area contributed by atoms with Crippen molar-refractivity contribution >= 4 is 0 Å². The maximum absolute atomic E-state index is 5.78. The molecule has 0 aromatic rings. The van der Waals surface area contributed by atoms with E-state index in [0.717, 1.165) is 12.5 Å². The smallest absolute Gasteiger partial charge is 0.0616 e. The molecule has 0 N–H and O–H groups in total. The van der Waals surface area contributed by atoms with Crippen molar-refractivity contribution in [3.63, 3.8) is 0 Å². The van der Waals surface area contributed by atoms with Gasteiger partial charge < -0.3 is 9.64 Å². The lowest BCUT2D eigenvalue weighted by Crippen LogP contribution is -2.34. The molecule has 2 rings (SSSR count). The van der Waals surface area contributed by atoms with Crippen LogP contribution in [0.15, 0.2) is 0 Å². The molecule has 0 amide bonds. The van der Waals surface area contributed by atoms with Crippen LogP contribution in [0, 0.1) is 5.92 Å². The Morgan fingerprint density at radius 2 is 2.17 bits per heavy atom. The van der Waals surface area contributed by atoms with Crippen molar-refractivity contribution in [2.45, 2.75) is 31.8 Å². The third-order valence-electron chi connectivity index (χ3n) is 3.15. The predicted molar refractivity (Wildman–Crippen MR) is 49.2 cm³/mol. The molecule has 0 radical (unpaired) electrons. The molecule has 2 heterocycles. The lowest BCUT2D eigenvalue weighted by atomic mass is 9.92. The average Bonchev–Trinajstić information content (AvgIpc) is 2.25. The van der Waals surface area contributed by atoms with Crippen LogP contribution >= 0.6 is 0 Å². The molecule has 0 unspecified atom stereocenters. The average molecular weight is 169 g/mol. The number of fused-ring (bicyclic) bond motifs is 1. The third kappa shape index (κ3) is 1.80. The fourth-order valence-electron chi connectivity index (χ4n) is 2.48. The molecule has 12 heavy (non-hydrogen) atoms. The largest absolute Gasteiger partial charge is 0.378 e. The summed E-state index contributed by atoms with van der Waals surface area (Å²) in [5, 5.41) is 0. The SMILES string of the molecule is CN1CCC[C@@H]2OCCC[C@H]2C1. The summed E-state index contributed by atoms with van der Waals surface area (Å²) >= 11 is 0. The van der Waals surface area contributed by atoms with Gasteiger partial charge in [-0.3, -0.25) is 0 Å². The van der Waals surface area contributed by atoms with Crippen LogP contribution in [0.25, 0.3) is 0 Å². The van der Waals surface area contributed by atoms with Crippen molar-refractivity contribution in [1.82, 2.24) is 4.90 Å². The van der Waals surface area contributed by atoms with E-state index in [1.165, 1.54) is 38.8 Å². The van der Waals surface area contributed by atoms with Gasteiger partial charge >= 0.3 is 0 Å². The van der Waals surface area contributed by atoms with Crippen molar-refractivity contribution in [3.05, 3.63) is 0 Å². The van der Waals surface area contributed by atoms with Gasteiger partial charge in [0.05, 0.1) is 6.10 Å². The summed E-state index contributed by atoms with van der Waals surface area (Å²) in [6.45, 7) is 3.52. The molecule has 2 aliphatic heterocycles. The van der Waals surface area contributed by atoms with Crippen molar-refractivity contribution in [2.75, 3.05) is 26.7 Å². The van der Waals surface area contributed by atoms with E-state index >= 15 is 0 Å². The van der Waals surface area contributed by atoms with Gasteiger partial charge in [-0.25, -0.2) is 0 Å². The summed E-state index contributed by atoms with van der Waals surface area (Å²) < 4.78 is 5.78. The summed E-state index contributed by atoms with van der Waals surface area (Å²) in [4.78, 5) is 2.46. The van der Waals surface area contributed by atoms with E-state index in [1.807, 2.05) is 0 Å². The second kappa shape index (κ2) is 3.75. The summed E-state index contributed by atoms with van der Waals surface area (Å²) in [6, 6.07) is 0. The molecular weight excluding hydrogens is 150 g/mol. The summed E-state index contributed by atoms with van der Waals surface area (Å²) in [5.74, 6) is 0.825. The van der Waals surface area contributed by atoms with Crippen molar-refractivity contribution in [3.8, 4) is 0 Å². The molecule has 2 heteroatoms. The van der Waals surface area contributed by atoms with E-state index < -0.39 is 0 Å². The molecule has 0 aromatic heterocycles. The summed E-state index contributed by atoms with van der Waals surface area (Å²) in [5.41, 5.74) is 0. The van der Waals surface area contributed by atoms with Gasteiger partial charge in [-0.2, -0.15) is 0 Å². The Balaban J connectivity index is 1.96. The molecule has 2 fully saturated rings. The second-order valence-electron chi connectivity index (χ2n) is 4.22. The number of hydrogen-bond donors (Lipinski definition) is 0. The maximum atomic E-state index is 5.78. The van der Waals surface area contributed by atoms with E-state index in [9.17, 15) is 0 Å². The van der Waals surface area contributed by atoms with Crippen LogP contribution in [-0.2, 0) is 4.74 Å².